The topological polar surface area (TPSA) is 3.24 Å². The van der Waals surface area contributed by atoms with E-state index in [0.717, 1.165) is 17.1 Å². The molecular weight excluding hydrogens is 499 g/mol. The minimum absolute atomic E-state index is 1.13. The first-order valence-electron chi connectivity index (χ1n) is 13.7. The second kappa shape index (κ2) is 11.9. The maximum atomic E-state index is 2.49. The van der Waals surface area contributed by atoms with Crippen LogP contribution in [-0.4, -0.2) is 8.07 Å². The fourth-order valence-electron chi connectivity index (χ4n) is 5.45. The van der Waals surface area contributed by atoms with E-state index in [1.165, 1.54) is 21.1 Å². The largest absolute Gasteiger partial charge is 0.311 e. The molecule has 192 valence electrons. The van der Waals surface area contributed by atoms with Crippen molar-refractivity contribution in [1.82, 2.24) is 0 Å². The standard InChI is InChI=1S/C38H31NSi/c1-6-16-33(17-7-1)39(34-18-8-2-9-19-34)35-28-26-32(27-29-35)30-31-40(36-20-10-3-11-21-36,37-22-12-4-13-23-37)38-24-14-5-15-25-38/h1-31H. The first-order valence-corrected chi connectivity index (χ1v) is 15.8. The summed E-state index contributed by atoms with van der Waals surface area (Å²) in [5.41, 5.74) is 7.09. The molecule has 0 N–H and O–H groups in total. The predicted octanol–water partition coefficient (Wildman–Crippen LogP) is 7.88. The Kier molecular flexibility index (Phi) is 7.52. The third-order valence-electron chi connectivity index (χ3n) is 7.39. The Bertz CT molecular complexity index is 1510. The summed E-state index contributed by atoms with van der Waals surface area (Å²) in [4.78, 5) is 2.30. The maximum absolute atomic E-state index is 2.49. The van der Waals surface area contributed by atoms with E-state index in [1.807, 2.05) is 0 Å². The second-order valence-electron chi connectivity index (χ2n) is 9.84. The van der Waals surface area contributed by atoms with Crippen LogP contribution in [0.5, 0.6) is 0 Å². The summed E-state index contributed by atoms with van der Waals surface area (Å²) in [6.07, 6.45) is 2.32. The molecule has 0 aliphatic carbocycles. The lowest BCUT2D eigenvalue weighted by Gasteiger charge is -2.30. The average molecular weight is 530 g/mol. The molecule has 1 nitrogen and oxygen atoms in total. The van der Waals surface area contributed by atoms with Crippen molar-refractivity contribution in [3.63, 3.8) is 0 Å². The molecule has 40 heavy (non-hydrogen) atoms. The number of para-hydroxylation sites is 2. The van der Waals surface area contributed by atoms with Gasteiger partial charge >= 0.3 is 0 Å². The van der Waals surface area contributed by atoms with Crippen molar-refractivity contribution in [3.05, 3.63) is 187 Å². The number of nitrogens with zero attached hydrogens (tertiary/aromatic N) is 1. The average Bonchev–Trinajstić information content (AvgIpc) is 3.05. The zero-order valence-electron chi connectivity index (χ0n) is 22.3. The van der Waals surface area contributed by atoms with Gasteiger partial charge in [0.25, 0.3) is 0 Å². The van der Waals surface area contributed by atoms with E-state index >= 15 is 0 Å². The number of benzene rings is 6. The molecule has 0 spiro atoms. The minimum atomic E-state index is -2.44. The minimum Gasteiger partial charge on any atom is -0.311 e. The Balaban J connectivity index is 1.43. The molecule has 0 bridgehead atoms. The highest BCUT2D eigenvalue weighted by atomic mass is 28.3. The number of hydrogen-bond donors (Lipinski definition) is 0. The maximum Gasteiger partial charge on any atom is 0.172 e. The Morgan fingerprint density at radius 3 is 1.05 bits per heavy atom. The third kappa shape index (κ3) is 5.18. The third-order valence-corrected chi connectivity index (χ3v) is 11.8. The highest BCUT2D eigenvalue weighted by Gasteiger charge is 2.36. The Hall–Kier alpha value is -4.92. The van der Waals surface area contributed by atoms with E-state index in [2.05, 4.69) is 193 Å². The molecule has 6 rings (SSSR count). The van der Waals surface area contributed by atoms with E-state index < -0.39 is 8.07 Å². The van der Waals surface area contributed by atoms with Crippen molar-refractivity contribution in [2.75, 3.05) is 4.90 Å². The molecule has 0 saturated heterocycles. The summed E-state index contributed by atoms with van der Waals surface area (Å²) >= 11 is 0. The first-order chi connectivity index (χ1) is 19.8. The van der Waals surface area contributed by atoms with Crippen LogP contribution >= 0.6 is 0 Å². The first kappa shape index (κ1) is 25.4. The summed E-state index contributed by atoms with van der Waals surface area (Å²) < 4.78 is 0. The highest BCUT2D eigenvalue weighted by Crippen LogP contribution is 2.34. The quantitative estimate of drug-likeness (QED) is 0.143. The van der Waals surface area contributed by atoms with Crippen LogP contribution in [0.2, 0.25) is 0 Å². The lowest BCUT2D eigenvalue weighted by atomic mass is 10.1. The van der Waals surface area contributed by atoms with E-state index in [-0.39, 0.29) is 0 Å². The van der Waals surface area contributed by atoms with E-state index in [0.29, 0.717) is 0 Å². The fourth-order valence-corrected chi connectivity index (χ4v) is 9.62. The molecule has 0 atom stereocenters. The fraction of sp³-hybridized carbons (Fsp3) is 0. The van der Waals surface area contributed by atoms with Crippen LogP contribution in [0, 0.1) is 0 Å². The summed E-state index contributed by atoms with van der Waals surface area (Å²) in [5.74, 6) is 0. The Morgan fingerprint density at radius 1 is 0.350 bits per heavy atom. The van der Waals surface area contributed by atoms with E-state index in [4.69, 9.17) is 0 Å². The monoisotopic (exact) mass is 529 g/mol. The highest BCUT2D eigenvalue weighted by molar-refractivity contribution is 7.15. The van der Waals surface area contributed by atoms with Crippen LogP contribution in [0.1, 0.15) is 5.56 Å². The van der Waals surface area contributed by atoms with Gasteiger partial charge < -0.3 is 4.90 Å². The van der Waals surface area contributed by atoms with Crippen molar-refractivity contribution in [2.45, 2.75) is 0 Å². The van der Waals surface area contributed by atoms with Gasteiger partial charge in [0, 0.05) is 17.1 Å². The molecule has 0 radical (unpaired) electrons. The zero-order chi connectivity index (χ0) is 27.0. The van der Waals surface area contributed by atoms with Crippen LogP contribution in [-0.2, 0) is 0 Å². The van der Waals surface area contributed by atoms with Gasteiger partial charge in [-0.3, -0.25) is 0 Å². The molecule has 2 heteroatoms. The lowest BCUT2D eigenvalue weighted by molar-refractivity contribution is 1.28. The summed E-state index contributed by atoms with van der Waals surface area (Å²) in [6.45, 7) is 0. The SMILES string of the molecule is C(=C[Si](c1ccccc1)(c1ccccc1)c1ccccc1)c1ccc(N(c2ccccc2)c2ccccc2)cc1. The molecule has 6 aromatic rings. The van der Waals surface area contributed by atoms with Gasteiger partial charge in [0.2, 0.25) is 0 Å². The molecule has 0 fully saturated rings. The summed E-state index contributed by atoms with van der Waals surface area (Å²) in [7, 11) is -2.44. The molecule has 0 saturated carbocycles. The molecule has 0 aliphatic heterocycles. The molecule has 0 aromatic heterocycles. The van der Waals surface area contributed by atoms with Crippen molar-refractivity contribution < 1.29 is 0 Å². The van der Waals surface area contributed by atoms with Gasteiger partial charge in [-0.15, -0.1) is 0 Å². The smallest absolute Gasteiger partial charge is 0.172 e. The summed E-state index contributed by atoms with van der Waals surface area (Å²) in [6, 6.07) is 63.0. The van der Waals surface area contributed by atoms with E-state index in [1.54, 1.807) is 0 Å². The van der Waals surface area contributed by atoms with Crippen molar-refractivity contribution >= 4 is 46.8 Å². The van der Waals surface area contributed by atoms with Gasteiger partial charge in [-0.25, -0.2) is 0 Å². The van der Waals surface area contributed by atoms with E-state index in [9.17, 15) is 0 Å². The number of rotatable bonds is 8. The molecule has 0 heterocycles. The second-order valence-corrected chi connectivity index (χ2v) is 13.5. The molecule has 6 aromatic carbocycles. The molecule has 0 aliphatic rings. The van der Waals surface area contributed by atoms with Crippen LogP contribution < -0.4 is 20.5 Å². The predicted molar refractivity (Wildman–Crippen MR) is 174 cm³/mol. The van der Waals surface area contributed by atoms with Gasteiger partial charge in [0.05, 0.1) is 0 Å². The molecular formula is C38H31NSi. The van der Waals surface area contributed by atoms with Crippen molar-refractivity contribution in [2.24, 2.45) is 0 Å². The molecule has 0 amide bonds. The van der Waals surface area contributed by atoms with Crippen LogP contribution in [0.3, 0.4) is 0 Å². The van der Waals surface area contributed by atoms with Crippen LogP contribution in [0.15, 0.2) is 182 Å². The normalized spacial score (nSPS) is 11.4. The van der Waals surface area contributed by atoms with Crippen LogP contribution in [0.25, 0.3) is 6.08 Å². The van der Waals surface area contributed by atoms with Crippen molar-refractivity contribution in [3.8, 4) is 0 Å². The van der Waals surface area contributed by atoms with Gasteiger partial charge in [-0.2, -0.15) is 0 Å². The summed E-state index contributed by atoms with van der Waals surface area (Å²) in [5, 5.41) is 4.12. The van der Waals surface area contributed by atoms with Gasteiger partial charge in [-0.05, 0) is 57.5 Å². The number of anilines is 3. The van der Waals surface area contributed by atoms with Gasteiger partial charge in [0.1, 0.15) is 0 Å². The lowest BCUT2D eigenvalue weighted by Crippen LogP contribution is -2.66. The van der Waals surface area contributed by atoms with Gasteiger partial charge in [-0.1, -0.05) is 151 Å². The zero-order valence-corrected chi connectivity index (χ0v) is 23.3. The number of hydrogen-bond acceptors (Lipinski definition) is 1. The Labute approximate surface area is 238 Å². The Morgan fingerprint density at radius 2 is 0.675 bits per heavy atom. The van der Waals surface area contributed by atoms with Crippen LogP contribution in [0.4, 0.5) is 17.1 Å². The van der Waals surface area contributed by atoms with Crippen molar-refractivity contribution in [1.29, 1.82) is 0 Å². The van der Waals surface area contributed by atoms with Gasteiger partial charge in [0.15, 0.2) is 8.07 Å². The molecule has 0 unspecified atom stereocenters.